The van der Waals surface area contributed by atoms with Crippen LogP contribution in [0.4, 0.5) is 0 Å². The van der Waals surface area contributed by atoms with E-state index in [2.05, 4.69) is 15.9 Å². The van der Waals surface area contributed by atoms with Crippen molar-refractivity contribution in [1.82, 2.24) is 0 Å². The van der Waals surface area contributed by atoms with Crippen molar-refractivity contribution in [2.45, 2.75) is 69.1 Å². The fourth-order valence-corrected chi connectivity index (χ4v) is 4.29. The van der Waals surface area contributed by atoms with E-state index in [0.717, 1.165) is 25.7 Å². The molecule has 7 unspecified atom stereocenters. The van der Waals surface area contributed by atoms with Crippen molar-refractivity contribution in [3.8, 4) is 0 Å². The van der Waals surface area contributed by atoms with Crippen LogP contribution in [0.2, 0.25) is 0 Å². The van der Waals surface area contributed by atoms with Crippen molar-refractivity contribution in [2.75, 3.05) is 0 Å². The van der Waals surface area contributed by atoms with E-state index in [1.165, 1.54) is 0 Å². The van der Waals surface area contributed by atoms with E-state index < -0.39 is 29.0 Å². The predicted octanol–water partition coefficient (Wildman–Crippen LogP) is 2.37. The maximum Gasteiger partial charge on any atom is 0.347 e. The number of alkyl halides is 1. The van der Waals surface area contributed by atoms with Crippen LogP contribution in [0.5, 0.6) is 0 Å². The van der Waals surface area contributed by atoms with Crippen LogP contribution in [-0.2, 0) is 28.6 Å². The van der Waals surface area contributed by atoms with Gasteiger partial charge in [0.2, 0.25) is 0 Å². The van der Waals surface area contributed by atoms with Gasteiger partial charge in [0.25, 0.3) is 0 Å². The van der Waals surface area contributed by atoms with Crippen LogP contribution in [0.15, 0.2) is 0 Å². The Bertz CT molecular complexity index is 533. The lowest BCUT2D eigenvalue weighted by Gasteiger charge is -2.41. The molecular weight excluding hydrogens is 380 g/mol. The molecule has 7 heteroatoms. The maximum atomic E-state index is 12.5. The molecular formula is C17H23BrO6. The molecule has 2 saturated carbocycles. The molecule has 4 rings (SSSR count). The lowest BCUT2D eigenvalue weighted by Crippen LogP contribution is -2.47. The second-order valence-corrected chi connectivity index (χ2v) is 8.47. The minimum atomic E-state index is -0.924. The van der Waals surface area contributed by atoms with Gasteiger partial charge in [-0.25, -0.2) is 4.79 Å². The van der Waals surface area contributed by atoms with E-state index in [9.17, 15) is 14.4 Å². The summed E-state index contributed by atoms with van der Waals surface area (Å²) in [7, 11) is 0. The van der Waals surface area contributed by atoms with E-state index in [-0.39, 0.29) is 23.9 Å². The topological polar surface area (TPSA) is 78.9 Å². The average molecular weight is 403 g/mol. The highest BCUT2D eigenvalue weighted by Crippen LogP contribution is 2.48. The molecule has 4 aliphatic rings. The number of halogens is 1. The van der Waals surface area contributed by atoms with Crippen molar-refractivity contribution >= 4 is 33.8 Å². The summed E-state index contributed by atoms with van der Waals surface area (Å²) in [6, 6.07) is 0. The zero-order valence-electron chi connectivity index (χ0n) is 13.9. The van der Waals surface area contributed by atoms with Gasteiger partial charge < -0.3 is 14.2 Å². The first kappa shape index (κ1) is 17.7. The highest BCUT2D eigenvalue weighted by atomic mass is 79.9. The van der Waals surface area contributed by atoms with Crippen LogP contribution in [-0.4, -0.2) is 41.0 Å². The molecule has 4 bridgehead atoms. The molecule has 0 amide bonds. The third-order valence-electron chi connectivity index (χ3n) is 5.31. The van der Waals surface area contributed by atoms with Gasteiger partial charge in [0, 0.05) is 5.92 Å². The highest BCUT2D eigenvalue weighted by molar-refractivity contribution is 9.10. The number of rotatable bonds is 5. The van der Waals surface area contributed by atoms with Crippen LogP contribution < -0.4 is 0 Å². The molecule has 24 heavy (non-hydrogen) atoms. The van der Waals surface area contributed by atoms with Crippen molar-refractivity contribution in [1.29, 1.82) is 0 Å². The summed E-state index contributed by atoms with van der Waals surface area (Å²) < 4.78 is 16.4. The molecule has 0 radical (unpaired) electrons. The van der Waals surface area contributed by atoms with Gasteiger partial charge in [-0.1, -0.05) is 22.9 Å². The Labute approximate surface area is 149 Å². The molecule has 2 aliphatic carbocycles. The van der Waals surface area contributed by atoms with Gasteiger partial charge in [-0.05, 0) is 44.9 Å². The monoisotopic (exact) mass is 402 g/mol. The lowest BCUT2D eigenvalue weighted by molar-refractivity contribution is -0.185. The Kier molecular flexibility index (Phi) is 5.18. The third-order valence-corrected chi connectivity index (χ3v) is 5.68. The van der Waals surface area contributed by atoms with Gasteiger partial charge in [0.15, 0.2) is 6.10 Å². The van der Waals surface area contributed by atoms with Crippen LogP contribution in [0.25, 0.3) is 0 Å². The smallest absolute Gasteiger partial charge is 0.347 e. The van der Waals surface area contributed by atoms with E-state index >= 15 is 0 Å². The minimum Gasteiger partial charge on any atom is -0.458 e. The first-order chi connectivity index (χ1) is 11.4. The summed E-state index contributed by atoms with van der Waals surface area (Å²) in [4.78, 5) is 35.8. The summed E-state index contributed by atoms with van der Waals surface area (Å²) in [6.07, 6.45) is 1.98. The summed E-state index contributed by atoms with van der Waals surface area (Å²) in [6.45, 7) is 3.41. The van der Waals surface area contributed by atoms with Gasteiger partial charge in [0.05, 0.1) is 5.92 Å². The molecule has 0 aromatic heterocycles. The summed E-state index contributed by atoms with van der Waals surface area (Å²) in [5.41, 5.74) is 0. The van der Waals surface area contributed by atoms with E-state index in [1.807, 2.05) is 0 Å². The van der Waals surface area contributed by atoms with E-state index in [4.69, 9.17) is 14.2 Å². The van der Waals surface area contributed by atoms with Crippen molar-refractivity contribution in [3.63, 3.8) is 0 Å². The average Bonchev–Trinajstić information content (AvgIpc) is 2.69. The zero-order valence-corrected chi connectivity index (χ0v) is 15.5. The fourth-order valence-electron chi connectivity index (χ4n) is 4.18. The Morgan fingerprint density at radius 2 is 2.00 bits per heavy atom. The second kappa shape index (κ2) is 7.02. The number of ether oxygens (including phenoxy) is 3. The summed E-state index contributed by atoms with van der Waals surface area (Å²) in [5.74, 6) is -0.616. The first-order valence-electron chi connectivity index (χ1n) is 8.64. The highest BCUT2D eigenvalue weighted by Gasteiger charge is 2.52. The number of hydrogen-bond donors (Lipinski definition) is 0. The van der Waals surface area contributed by atoms with Crippen LogP contribution in [0.3, 0.4) is 0 Å². The molecule has 7 atom stereocenters. The number of fused-ring (bicyclic) bond motifs is 1. The van der Waals surface area contributed by atoms with Gasteiger partial charge in [-0.3, -0.25) is 9.59 Å². The molecule has 2 heterocycles. The molecule has 134 valence electrons. The zero-order chi connectivity index (χ0) is 17.4. The number of carbonyl (C=O) groups excluding carboxylic acids is 3. The normalized spacial score (nSPS) is 36.5. The van der Waals surface area contributed by atoms with Crippen molar-refractivity contribution in [2.24, 2.45) is 17.8 Å². The van der Waals surface area contributed by atoms with Gasteiger partial charge >= 0.3 is 17.9 Å². The summed E-state index contributed by atoms with van der Waals surface area (Å²) >= 11 is 3.13. The van der Waals surface area contributed by atoms with Crippen molar-refractivity contribution < 1.29 is 28.6 Å². The molecule has 2 saturated heterocycles. The fraction of sp³-hybridized carbons (Fsp3) is 0.824. The third kappa shape index (κ3) is 3.46. The quantitative estimate of drug-likeness (QED) is 0.399. The van der Waals surface area contributed by atoms with Crippen LogP contribution in [0, 0.1) is 17.8 Å². The van der Waals surface area contributed by atoms with Crippen molar-refractivity contribution in [3.05, 3.63) is 0 Å². The van der Waals surface area contributed by atoms with Crippen LogP contribution in [0.1, 0.15) is 46.0 Å². The van der Waals surface area contributed by atoms with Crippen LogP contribution >= 0.6 is 15.9 Å². The maximum absolute atomic E-state index is 12.5. The second-order valence-electron chi connectivity index (χ2n) is 7.09. The molecule has 2 aliphatic heterocycles. The largest absolute Gasteiger partial charge is 0.458 e. The van der Waals surface area contributed by atoms with E-state index in [1.54, 1.807) is 13.8 Å². The Balaban J connectivity index is 1.67. The van der Waals surface area contributed by atoms with Gasteiger partial charge in [0.1, 0.15) is 17.0 Å². The number of esters is 3. The number of hydrogen-bond acceptors (Lipinski definition) is 6. The molecule has 0 N–H and O–H groups in total. The Morgan fingerprint density at radius 1 is 1.25 bits per heavy atom. The summed E-state index contributed by atoms with van der Waals surface area (Å²) in [5, 5.41) is 0. The first-order valence-corrected chi connectivity index (χ1v) is 9.56. The van der Waals surface area contributed by atoms with Gasteiger partial charge in [-0.15, -0.1) is 0 Å². The number of carbonyl (C=O) groups is 3. The standard InChI is InChI=1S/C17H23BrO6/c1-3-12(22-15(19)8(2)18)17(21)24-14-10-4-9-5-11(7-10)16(20)23-13(14)6-9/h8-14H,3-7H2,1-2H3. The molecule has 4 fully saturated rings. The Morgan fingerprint density at radius 3 is 2.67 bits per heavy atom. The molecule has 6 nitrogen and oxygen atoms in total. The Hall–Kier alpha value is -1.11. The molecule has 0 aromatic rings. The van der Waals surface area contributed by atoms with Gasteiger partial charge in [-0.2, -0.15) is 0 Å². The molecule has 0 spiro atoms. The molecule has 0 aromatic carbocycles. The SMILES string of the molecule is CCC(OC(=O)C(C)Br)C(=O)OC1C2CC3CC(C2)C(=O)OC1C3. The lowest BCUT2D eigenvalue weighted by atomic mass is 9.67. The van der Waals surface area contributed by atoms with E-state index in [0.29, 0.717) is 12.3 Å². The predicted molar refractivity (Wildman–Crippen MR) is 87.3 cm³/mol. The minimum absolute atomic E-state index is 0.0588.